The second-order valence-corrected chi connectivity index (χ2v) is 5.72. The van der Waals surface area contributed by atoms with Gasteiger partial charge in [-0.15, -0.1) is 0 Å². The summed E-state index contributed by atoms with van der Waals surface area (Å²) in [5.74, 6) is 0.209. The molecule has 1 amide bonds. The quantitative estimate of drug-likeness (QED) is 0.745. The fourth-order valence-corrected chi connectivity index (χ4v) is 1.59. The first-order chi connectivity index (χ1) is 6.82. The van der Waals surface area contributed by atoms with Crippen LogP contribution in [0.2, 0.25) is 0 Å². The van der Waals surface area contributed by atoms with Crippen molar-refractivity contribution in [3.63, 3.8) is 0 Å². The molecule has 1 aliphatic carbocycles. The normalized spacial score (nSPS) is 16.2. The predicted octanol–water partition coefficient (Wildman–Crippen LogP) is 1.70. The van der Waals surface area contributed by atoms with Crippen LogP contribution in [0.5, 0.6) is 0 Å². The lowest BCUT2D eigenvalue weighted by Gasteiger charge is -2.29. The minimum Gasteiger partial charge on any atom is -0.393 e. The Labute approximate surface area is 97.0 Å². The van der Waals surface area contributed by atoms with Gasteiger partial charge >= 0.3 is 0 Å². The molecule has 0 heterocycles. The molecule has 3 nitrogen and oxygen atoms in total. The van der Waals surface area contributed by atoms with Crippen LogP contribution in [0, 0.1) is 5.41 Å². The molecule has 15 heavy (non-hydrogen) atoms. The summed E-state index contributed by atoms with van der Waals surface area (Å²) >= 11 is 4.84. The van der Waals surface area contributed by atoms with Crippen molar-refractivity contribution in [3.05, 3.63) is 0 Å². The average molecular weight is 228 g/mol. The van der Waals surface area contributed by atoms with Crippen molar-refractivity contribution in [1.29, 1.82) is 0 Å². The van der Waals surface area contributed by atoms with Crippen LogP contribution in [-0.4, -0.2) is 28.4 Å². The summed E-state index contributed by atoms with van der Waals surface area (Å²) in [6, 6.07) is 0.436. The maximum atomic E-state index is 12.1. The highest BCUT2D eigenvalue weighted by Gasteiger charge is 2.36. The summed E-state index contributed by atoms with van der Waals surface area (Å²) in [4.78, 5) is 14.5. The van der Waals surface area contributed by atoms with Crippen molar-refractivity contribution in [2.45, 2.75) is 46.1 Å². The molecule has 0 bridgehead atoms. The number of hydrogen-bond acceptors (Lipinski definition) is 2. The Kier molecular flexibility index (Phi) is 3.71. The fourth-order valence-electron chi connectivity index (χ4n) is 1.50. The number of thiocarbonyl (C=S) groups is 1. The van der Waals surface area contributed by atoms with Crippen LogP contribution in [0.3, 0.4) is 0 Å². The minimum absolute atomic E-state index is 0.209. The van der Waals surface area contributed by atoms with Gasteiger partial charge in [0.25, 0.3) is 0 Å². The number of hydrogen-bond donors (Lipinski definition) is 1. The van der Waals surface area contributed by atoms with Crippen molar-refractivity contribution >= 4 is 23.1 Å². The monoisotopic (exact) mass is 228 g/mol. The number of nitrogens with zero attached hydrogens (tertiary/aromatic N) is 1. The van der Waals surface area contributed by atoms with E-state index in [1.807, 2.05) is 25.7 Å². The summed E-state index contributed by atoms with van der Waals surface area (Å²) in [6.45, 7) is 6.53. The third-order valence-electron chi connectivity index (χ3n) is 2.49. The van der Waals surface area contributed by atoms with E-state index in [4.69, 9.17) is 18.0 Å². The third kappa shape index (κ3) is 3.78. The van der Waals surface area contributed by atoms with Crippen molar-refractivity contribution in [1.82, 2.24) is 4.90 Å². The molecule has 1 rings (SSSR count). The van der Waals surface area contributed by atoms with Crippen LogP contribution in [0.15, 0.2) is 0 Å². The first-order valence-corrected chi connectivity index (χ1v) is 5.82. The molecule has 0 aromatic rings. The molecule has 0 atom stereocenters. The molecular weight excluding hydrogens is 208 g/mol. The Bertz CT molecular complexity index is 266. The molecule has 1 saturated carbocycles. The maximum absolute atomic E-state index is 12.1. The zero-order valence-electron chi connectivity index (χ0n) is 9.75. The van der Waals surface area contributed by atoms with Gasteiger partial charge < -0.3 is 10.6 Å². The van der Waals surface area contributed by atoms with E-state index in [1.165, 1.54) is 0 Å². The summed E-state index contributed by atoms with van der Waals surface area (Å²) < 4.78 is 0. The number of amides is 1. The number of nitrogens with two attached hydrogens (primary N) is 1. The first kappa shape index (κ1) is 12.4. The third-order valence-corrected chi connectivity index (χ3v) is 2.69. The Morgan fingerprint density at radius 2 is 2.00 bits per heavy atom. The van der Waals surface area contributed by atoms with E-state index in [0.29, 0.717) is 24.0 Å². The van der Waals surface area contributed by atoms with Gasteiger partial charge in [0.15, 0.2) is 0 Å². The summed E-state index contributed by atoms with van der Waals surface area (Å²) in [5.41, 5.74) is 5.16. The lowest BCUT2D eigenvalue weighted by molar-refractivity contribution is -0.139. The fraction of sp³-hybridized carbons (Fsp3) is 0.818. The molecule has 86 valence electrons. The van der Waals surface area contributed by atoms with Crippen molar-refractivity contribution in [3.8, 4) is 0 Å². The van der Waals surface area contributed by atoms with E-state index >= 15 is 0 Å². The SMILES string of the molecule is CC(C)(C)C(=O)N(CCC(N)=S)C1CC1. The molecule has 0 spiro atoms. The second kappa shape index (κ2) is 4.47. The molecule has 1 aliphatic rings. The van der Waals surface area contributed by atoms with Gasteiger partial charge in [-0.25, -0.2) is 0 Å². The highest BCUT2D eigenvalue weighted by molar-refractivity contribution is 7.80. The molecule has 2 N–H and O–H groups in total. The van der Waals surface area contributed by atoms with Crippen molar-refractivity contribution in [2.75, 3.05) is 6.54 Å². The van der Waals surface area contributed by atoms with Crippen LogP contribution in [0.1, 0.15) is 40.0 Å². The standard InChI is InChI=1S/C11H20N2OS/c1-11(2,3)10(14)13(8-4-5-8)7-6-9(12)15/h8H,4-7H2,1-3H3,(H2,12,15). The Balaban J connectivity index is 2.57. The molecule has 0 saturated heterocycles. The van der Waals surface area contributed by atoms with Crippen LogP contribution in [0.25, 0.3) is 0 Å². The van der Waals surface area contributed by atoms with E-state index in [-0.39, 0.29) is 11.3 Å². The van der Waals surface area contributed by atoms with Gasteiger partial charge in [-0.3, -0.25) is 4.79 Å². The summed E-state index contributed by atoms with van der Waals surface area (Å²) in [7, 11) is 0. The van der Waals surface area contributed by atoms with E-state index in [1.54, 1.807) is 0 Å². The highest BCUT2D eigenvalue weighted by Crippen LogP contribution is 2.30. The molecule has 4 heteroatoms. The maximum Gasteiger partial charge on any atom is 0.228 e. The van der Waals surface area contributed by atoms with Gasteiger partial charge in [-0.05, 0) is 12.8 Å². The van der Waals surface area contributed by atoms with Gasteiger partial charge in [0.2, 0.25) is 5.91 Å². The number of carbonyl (C=O) groups is 1. The van der Waals surface area contributed by atoms with Gasteiger partial charge in [0, 0.05) is 24.4 Å². The van der Waals surface area contributed by atoms with Crippen molar-refractivity contribution in [2.24, 2.45) is 11.1 Å². The van der Waals surface area contributed by atoms with Gasteiger partial charge in [-0.2, -0.15) is 0 Å². The Morgan fingerprint density at radius 3 is 2.33 bits per heavy atom. The van der Waals surface area contributed by atoms with Crippen molar-refractivity contribution < 1.29 is 4.79 Å². The second-order valence-electron chi connectivity index (χ2n) is 5.20. The number of carbonyl (C=O) groups excluding carboxylic acids is 1. The van der Waals surface area contributed by atoms with E-state index in [0.717, 1.165) is 12.8 Å². The summed E-state index contributed by atoms with van der Waals surface area (Å²) in [5, 5.41) is 0. The average Bonchev–Trinajstić information content (AvgIpc) is 2.85. The molecule has 1 fully saturated rings. The first-order valence-electron chi connectivity index (χ1n) is 5.42. The lowest BCUT2D eigenvalue weighted by atomic mass is 9.94. The smallest absolute Gasteiger partial charge is 0.228 e. The lowest BCUT2D eigenvalue weighted by Crippen LogP contribution is -2.42. The highest BCUT2D eigenvalue weighted by atomic mass is 32.1. The number of rotatable bonds is 4. The zero-order valence-corrected chi connectivity index (χ0v) is 10.6. The van der Waals surface area contributed by atoms with Crippen LogP contribution in [-0.2, 0) is 4.79 Å². The Hall–Kier alpha value is -0.640. The van der Waals surface area contributed by atoms with Crippen LogP contribution >= 0.6 is 12.2 Å². The predicted molar refractivity (Wildman–Crippen MR) is 65.6 cm³/mol. The van der Waals surface area contributed by atoms with Gasteiger partial charge in [-0.1, -0.05) is 33.0 Å². The summed E-state index contributed by atoms with van der Waals surface area (Å²) in [6.07, 6.45) is 2.88. The largest absolute Gasteiger partial charge is 0.393 e. The zero-order chi connectivity index (χ0) is 11.6. The Morgan fingerprint density at radius 1 is 1.47 bits per heavy atom. The minimum atomic E-state index is -0.307. The topological polar surface area (TPSA) is 46.3 Å². The van der Waals surface area contributed by atoms with Gasteiger partial charge in [0.1, 0.15) is 0 Å². The molecule has 0 aromatic carbocycles. The molecule has 0 radical (unpaired) electrons. The molecule has 0 aromatic heterocycles. The van der Waals surface area contributed by atoms with Crippen LogP contribution in [0.4, 0.5) is 0 Å². The van der Waals surface area contributed by atoms with E-state index in [2.05, 4.69) is 0 Å². The molecular formula is C11H20N2OS. The molecule has 0 aliphatic heterocycles. The van der Waals surface area contributed by atoms with E-state index < -0.39 is 0 Å². The van der Waals surface area contributed by atoms with Crippen LogP contribution < -0.4 is 5.73 Å². The van der Waals surface area contributed by atoms with Gasteiger partial charge in [0.05, 0.1) is 4.99 Å². The van der Waals surface area contributed by atoms with E-state index in [9.17, 15) is 4.79 Å². The molecule has 0 unspecified atom stereocenters.